The monoisotopic (exact) mass is 195 g/mol. The quantitative estimate of drug-likeness (QED) is 0.513. The molecule has 3 nitrogen and oxygen atoms in total. The van der Waals surface area contributed by atoms with Gasteiger partial charge in [0.15, 0.2) is 0 Å². The minimum Gasteiger partial charge on any atom is -0.396 e. The maximum Gasteiger partial charge on any atom is 0.0445 e. The van der Waals surface area contributed by atoms with Gasteiger partial charge in [-0.25, -0.2) is 0 Å². The molecule has 0 radical (unpaired) electrons. The Morgan fingerprint density at radius 1 is 1.25 bits per heavy atom. The lowest BCUT2D eigenvalue weighted by Crippen LogP contribution is -2.30. The average Bonchev–Trinajstić information content (AvgIpc) is 2.01. The van der Waals surface area contributed by atoms with E-state index in [0.717, 1.165) is 6.54 Å². The fourth-order valence-corrected chi connectivity index (χ4v) is 0.910. The molecule has 4 heteroatoms. The Morgan fingerprint density at radius 3 is 2.08 bits per heavy atom. The van der Waals surface area contributed by atoms with Crippen LogP contribution in [0.2, 0.25) is 0 Å². The van der Waals surface area contributed by atoms with Crippen LogP contribution < -0.4 is 5.32 Å². The first-order chi connectivity index (χ1) is 5.35. The van der Waals surface area contributed by atoms with Gasteiger partial charge in [0, 0.05) is 25.8 Å². The van der Waals surface area contributed by atoms with E-state index >= 15 is 0 Å². The van der Waals surface area contributed by atoms with Gasteiger partial charge >= 0.3 is 0 Å². The molecular weight excluding hydrogens is 178 g/mol. The summed E-state index contributed by atoms with van der Waals surface area (Å²) in [6.45, 7) is 4.62. The molecule has 0 aromatic heterocycles. The smallest absolute Gasteiger partial charge is 0.0445 e. The Kier molecular flexibility index (Phi) is 13.1. The van der Waals surface area contributed by atoms with Crippen LogP contribution in [0.15, 0.2) is 12.7 Å². The van der Waals surface area contributed by atoms with Crippen LogP contribution in [0.25, 0.3) is 0 Å². The lowest BCUT2D eigenvalue weighted by molar-refractivity contribution is 0.229. The normalized spacial score (nSPS) is 9.58. The van der Waals surface area contributed by atoms with Crippen LogP contribution in [-0.4, -0.2) is 36.0 Å². The van der Waals surface area contributed by atoms with E-state index in [1.807, 2.05) is 0 Å². The van der Waals surface area contributed by atoms with Crippen molar-refractivity contribution in [2.45, 2.75) is 18.9 Å². The molecule has 0 unspecified atom stereocenters. The molecule has 0 heterocycles. The van der Waals surface area contributed by atoms with Crippen LogP contribution >= 0.6 is 12.4 Å². The van der Waals surface area contributed by atoms with Crippen molar-refractivity contribution >= 4 is 12.4 Å². The van der Waals surface area contributed by atoms with Gasteiger partial charge in [0.25, 0.3) is 0 Å². The molecule has 0 atom stereocenters. The highest BCUT2D eigenvalue weighted by atomic mass is 35.5. The standard InChI is InChI=1S/C8H17NO2.ClH/c1-2-5-9-8(3-6-10)4-7-11;/h2,8-11H,1,3-7H2;1H. The van der Waals surface area contributed by atoms with E-state index < -0.39 is 0 Å². The molecule has 3 N–H and O–H groups in total. The Morgan fingerprint density at radius 2 is 1.75 bits per heavy atom. The summed E-state index contributed by atoms with van der Waals surface area (Å²) >= 11 is 0. The molecule has 0 rings (SSSR count). The number of aliphatic hydroxyl groups is 2. The molecule has 0 saturated heterocycles. The number of rotatable bonds is 7. The SMILES string of the molecule is C=CCNC(CCO)CCO.Cl. The Hall–Kier alpha value is -0.0900. The van der Waals surface area contributed by atoms with E-state index in [2.05, 4.69) is 11.9 Å². The van der Waals surface area contributed by atoms with E-state index in [-0.39, 0.29) is 31.7 Å². The Labute approximate surface area is 79.9 Å². The third-order valence-corrected chi connectivity index (χ3v) is 1.51. The summed E-state index contributed by atoms with van der Waals surface area (Å²) in [6.07, 6.45) is 3.14. The molecule has 0 bridgehead atoms. The highest BCUT2D eigenvalue weighted by molar-refractivity contribution is 5.85. The summed E-state index contributed by atoms with van der Waals surface area (Å²) in [6, 6.07) is 0.211. The van der Waals surface area contributed by atoms with Gasteiger partial charge in [-0.2, -0.15) is 0 Å². The van der Waals surface area contributed by atoms with Crippen LogP contribution in [-0.2, 0) is 0 Å². The first-order valence-electron chi connectivity index (χ1n) is 3.91. The second kappa shape index (κ2) is 10.9. The maximum atomic E-state index is 8.62. The minimum absolute atomic E-state index is 0. The topological polar surface area (TPSA) is 52.5 Å². The maximum absolute atomic E-state index is 8.62. The molecule has 0 aliphatic heterocycles. The molecule has 0 spiro atoms. The van der Waals surface area contributed by atoms with Crippen LogP contribution in [0.4, 0.5) is 0 Å². The second-order valence-electron chi connectivity index (χ2n) is 2.42. The zero-order valence-corrected chi connectivity index (χ0v) is 8.02. The number of hydrogen-bond acceptors (Lipinski definition) is 3. The van der Waals surface area contributed by atoms with Crippen molar-refractivity contribution in [3.05, 3.63) is 12.7 Å². The van der Waals surface area contributed by atoms with Crippen molar-refractivity contribution in [1.29, 1.82) is 0 Å². The number of aliphatic hydroxyl groups excluding tert-OH is 2. The third-order valence-electron chi connectivity index (χ3n) is 1.51. The summed E-state index contributed by atoms with van der Waals surface area (Å²) in [7, 11) is 0. The fourth-order valence-electron chi connectivity index (χ4n) is 0.910. The van der Waals surface area contributed by atoms with Crippen LogP contribution in [0.1, 0.15) is 12.8 Å². The third kappa shape index (κ3) is 8.01. The molecule has 74 valence electrons. The van der Waals surface area contributed by atoms with E-state index in [9.17, 15) is 0 Å². The van der Waals surface area contributed by atoms with E-state index in [0.29, 0.717) is 12.8 Å². The Balaban J connectivity index is 0. The zero-order chi connectivity index (χ0) is 8.53. The first kappa shape index (κ1) is 14.4. The molecule has 0 fully saturated rings. The molecule has 0 aliphatic rings. The predicted octanol–water partition coefficient (Wildman–Crippen LogP) is 0.317. The van der Waals surface area contributed by atoms with Crippen LogP contribution in [0.3, 0.4) is 0 Å². The highest BCUT2D eigenvalue weighted by Gasteiger charge is 2.04. The molecule has 0 aromatic carbocycles. The second-order valence-corrected chi connectivity index (χ2v) is 2.42. The van der Waals surface area contributed by atoms with E-state index in [1.54, 1.807) is 6.08 Å². The van der Waals surface area contributed by atoms with E-state index in [1.165, 1.54) is 0 Å². The van der Waals surface area contributed by atoms with Gasteiger partial charge in [-0.15, -0.1) is 19.0 Å². The minimum atomic E-state index is 0. The summed E-state index contributed by atoms with van der Waals surface area (Å²) in [5.41, 5.74) is 0. The van der Waals surface area contributed by atoms with Gasteiger partial charge in [0.2, 0.25) is 0 Å². The largest absolute Gasteiger partial charge is 0.396 e. The van der Waals surface area contributed by atoms with Crippen molar-refractivity contribution < 1.29 is 10.2 Å². The van der Waals surface area contributed by atoms with Gasteiger partial charge < -0.3 is 15.5 Å². The average molecular weight is 196 g/mol. The van der Waals surface area contributed by atoms with E-state index in [4.69, 9.17) is 10.2 Å². The van der Waals surface area contributed by atoms with Gasteiger partial charge in [-0.05, 0) is 12.8 Å². The lowest BCUT2D eigenvalue weighted by Gasteiger charge is -2.14. The predicted molar refractivity (Wildman–Crippen MR) is 52.6 cm³/mol. The van der Waals surface area contributed by atoms with Gasteiger partial charge in [-0.1, -0.05) is 6.08 Å². The molecule has 0 aliphatic carbocycles. The lowest BCUT2D eigenvalue weighted by atomic mass is 10.1. The number of halogens is 1. The highest BCUT2D eigenvalue weighted by Crippen LogP contribution is 1.95. The fraction of sp³-hybridized carbons (Fsp3) is 0.750. The van der Waals surface area contributed by atoms with Gasteiger partial charge in [-0.3, -0.25) is 0 Å². The van der Waals surface area contributed by atoms with Crippen LogP contribution in [0.5, 0.6) is 0 Å². The summed E-state index contributed by atoms with van der Waals surface area (Å²) < 4.78 is 0. The van der Waals surface area contributed by atoms with Crippen molar-refractivity contribution in [3.8, 4) is 0 Å². The molecule has 0 aromatic rings. The first-order valence-corrected chi connectivity index (χ1v) is 3.91. The van der Waals surface area contributed by atoms with Crippen molar-refractivity contribution in [2.75, 3.05) is 19.8 Å². The molecule has 0 saturated carbocycles. The zero-order valence-electron chi connectivity index (χ0n) is 7.20. The van der Waals surface area contributed by atoms with Gasteiger partial charge in [0.05, 0.1) is 0 Å². The molecule has 12 heavy (non-hydrogen) atoms. The summed E-state index contributed by atoms with van der Waals surface area (Å²) in [4.78, 5) is 0. The Bertz CT molecular complexity index is 95.1. The van der Waals surface area contributed by atoms with Crippen molar-refractivity contribution in [1.82, 2.24) is 5.32 Å². The molecule has 0 amide bonds. The van der Waals surface area contributed by atoms with Crippen LogP contribution in [0, 0.1) is 0 Å². The molecular formula is C8H18ClNO2. The van der Waals surface area contributed by atoms with Crippen molar-refractivity contribution in [2.24, 2.45) is 0 Å². The number of hydrogen-bond donors (Lipinski definition) is 3. The van der Waals surface area contributed by atoms with Gasteiger partial charge in [0.1, 0.15) is 0 Å². The van der Waals surface area contributed by atoms with Crippen molar-refractivity contribution in [3.63, 3.8) is 0 Å². The number of nitrogens with one attached hydrogen (secondary N) is 1. The summed E-state index contributed by atoms with van der Waals surface area (Å²) in [5.74, 6) is 0. The summed E-state index contributed by atoms with van der Waals surface area (Å²) in [5, 5.41) is 20.4.